The molecule has 0 aromatic heterocycles. The quantitative estimate of drug-likeness (QED) is 0.327. The van der Waals surface area contributed by atoms with Crippen LogP contribution in [0.4, 0.5) is 4.39 Å². The molecule has 1 rings (SSSR count). The maximum Gasteiger partial charge on any atom is 0.160 e. The zero-order chi connectivity index (χ0) is 11.3. The number of hydrogen-bond donors (Lipinski definition) is 0. The molecule has 0 unspecified atom stereocenters. The van der Waals surface area contributed by atoms with E-state index < -0.39 is 5.82 Å². The van der Waals surface area contributed by atoms with E-state index >= 15 is 0 Å². The molecule has 0 amide bonds. The highest BCUT2D eigenvalue weighted by Gasteiger charge is 2.05. The first-order chi connectivity index (χ1) is 7.15. The van der Waals surface area contributed by atoms with E-state index in [0.717, 1.165) is 0 Å². The van der Waals surface area contributed by atoms with Crippen molar-refractivity contribution in [2.75, 3.05) is 6.54 Å². The Hall–Kier alpha value is -1.22. The van der Waals surface area contributed by atoms with Gasteiger partial charge in [0.05, 0.1) is 10.0 Å². The third-order valence-corrected chi connectivity index (χ3v) is 2.12. The first kappa shape index (κ1) is 11.9. The molecule has 0 heterocycles. The van der Waals surface area contributed by atoms with E-state index in [-0.39, 0.29) is 16.6 Å². The molecule has 1 aromatic carbocycles. The number of hydrogen-bond acceptors (Lipinski definition) is 1. The third kappa shape index (κ3) is 3.44. The average Bonchev–Trinajstić information content (AvgIpc) is 2.21. The summed E-state index contributed by atoms with van der Waals surface area (Å²) < 4.78 is 13.0. The molecular formula is C9H6Cl2FN3. The highest BCUT2D eigenvalue weighted by atomic mass is 35.5. The van der Waals surface area contributed by atoms with Crippen LogP contribution in [0.25, 0.3) is 16.5 Å². The summed E-state index contributed by atoms with van der Waals surface area (Å²) in [6.45, 7) is 0.225. The maximum absolute atomic E-state index is 13.0. The minimum atomic E-state index is -0.634. The zero-order valence-electron chi connectivity index (χ0n) is 7.49. The second-order valence-electron chi connectivity index (χ2n) is 2.61. The fraction of sp³-hybridized carbons (Fsp3) is 0.111. The van der Waals surface area contributed by atoms with Crippen LogP contribution in [0.15, 0.2) is 23.3 Å². The standard InChI is InChI=1S/C9H6Cl2FN3/c10-7-4-6(2-1-3-14-15-13)5-8(11)9(7)12/h1-2,4-5H,3H2. The number of halogens is 3. The molecular weight excluding hydrogens is 240 g/mol. The van der Waals surface area contributed by atoms with Gasteiger partial charge >= 0.3 is 0 Å². The molecule has 0 saturated heterocycles. The molecule has 0 bridgehead atoms. The van der Waals surface area contributed by atoms with E-state index in [4.69, 9.17) is 28.7 Å². The lowest BCUT2D eigenvalue weighted by Gasteiger charge is -1.99. The fourth-order valence-electron chi connectivity index (χ4n) is 0.944. The van der Waals surface area contributed by atoms with Gasteiger partial charge in [-0.05, 0) is 23.2 Å². The summed E-state index contributed by atoms with van der Waals surface area (Å²) in [6, 6.07) is 2.88. The Balaban J connectivity index is 2.87. The average molecular weight is 246 g/mol. The summed E-state index contributed by atoms with van der Waals surface area (Å²) in [5, 5.41) is 3.23. The van der Waals surface area contributed by atoms with Crippen molar-refractivity contribution in [1.82, 2.24) is 0 Å². The summed E-state index contributed by atoms with van der Waals surface area (Å²) in [5.74, 6) is -0.634. The molecule has 3 nitrogen and oxygen atoms in total. The Bertz CT molecular complexity index is 416. The van der Waals surface area contributed by atoms with Gasteiger partial charge in [-0.15, -0.1) is 0 Å². The van der Waals surface area contributed by atoms with Gasteiger partial charge in [0.2, 0.25) is 0 Å². The van der Waals surface area contributed by atoms with Crippen molar-refractivity contribution in [3.63, 3.8) is 0 Å². The van der Waals surface area contributed by atoms with Crippen LogP contribution >= 0.6 is 23.2 Å². The second-order valence-corrected chi connectivity index (χ2v) is 3.43. The summed E-state index contributed by atoms with van der Waals surface area (Å²) in [4.78, 5) is 2.58. The molecule has 0 aliphatic carbocycles. The van der Waals surface area contributed by atoms with Gasteiger partial charge in [0, 0.05) is 11.5 Å². The molecule has 0 atom stereocenters. The Morgan fingerprint density at radius 3 is 2.53 bits per heavy atom. The molecule has 0 N–H and O–H groups in total. The van der Waals surface area contributed by atoms with Crippen molar-refractivity contribution in [3.8, 4) is 0 Å². The molecule has 0 aliphatic rings. The van der Waals surface area contributed by atoms with Gasteiger partial charge in [-0.2, -0.15) is 0 Å². The van der Waals surface area contributed by atoms with Crippen LogP contribution in [0, 0.1) is 5.82 Å². The predicted molar refractivity (Wildman–Crippen MR) is 59.5 cm³/mol. The number of nitrogens with zero attached hydrogens (tertiary/aromatic N) is 3. The lowest BCUT2D eigenvalue weighted by molar-refractivity contribution is 0.628. The van der Waals surface area contributed by atoms with Gasteiger partial charge < -0.3 is 0 Å². The minimum Gasteiger partial charge on any atom is -0.204 e. The SMILES string of the molecule is [N-]=[N+]=NCC=Cc1cc(Cl)c(F)c(Cl)c1. The number of azide groups is 1. The molecule has 0 spiro atoms. The van der Waals surface area contributed by atoms with Crippen molar-refractivity contribution in [2.45, 2.75) is 0 Å². The van der Waals surface area contributed by atoms with Crippen molar-refractivity contribution < 1.29 is 4.39 Å². The molecule has 6 heteroatoms. The van der Waals surface area contributed by atoms with Crippen molar-refractivity contribution in [3.05, 3.63) is 50.1 Å². The Morgan fingerprint density at radius 2 is 2.00 bits per heavy atom. The Labute approximate surface area is 95.7 Å². The van der Waals surface area contributed by atoms with E-state index in [1.165, 1.54) is 12.1 Å². The molecule has 15 heavy (non-hydrogen) atoms. The van der Waals surface area contributed by atoms with Gasteiger partial charge in [0.1, 0.15) is 0 Å². The van der Waals surface area contributed by atoms with Gasteiger partial charge in [-0.3, -0.25) is 0 Å². The monoisotopic (exact) mass is 245 g/mol. The van der Waals surface area contributed by atoms with Crippen LogP contribution in [-0.4, -0.2) is 6.54 Å². The predicted octanol–water partition coefficient (Wildman–Crippen LogP) is 4.46. The number of rotatable bonds is 3. The smallest absolute Gasteiger partial charge is 0.160 e. The molecule has 0 saturated carbocycles. The maximum atomic E-state index is 13.0. The lowest BCUT2D eigenvalue weighted by atomic mass is 10.2. The molecule has 0 aliphatic heterocycles. The molecule has 78 valence electrons. The van der Waals surface area contributed by atoms with E-state index in [1.807, 2.05) is 0 Å². The Morgan fingerprint density at radius 1 is 1.40 bits per heavy atom. The largest absolute Gasteiger partial charge is 0.204 e. The molecule has 0 radical (unpaired) electrons. The van der Waals surface area contributed by atoms with Gasteiger partial charge in [0.25, 0.3) is 0 Å². The van der Waals surface area contributed by atoms with Gasteiger partial charge in [-0.1, -0.05) is 40.5 Å². The summed E-state index contributed by atoms with van der Waals surface area (Å²) >= 11 is 11.2. The second kappa shape index (κ2) is 5.61. The molecule has 0 fully saturated rings. The number of benzene rings is 1. The minimum absolute atomic E-state index is 0.0362. The van der Waals surface area contributed by atoms with Crippen LogP contribution < -0.4 is 0 Å². The van der Waals surface area contributed by atoms with Gasteiger partial charge in [-0.25, -0.2) is 4.39 Å². The highest BCUT2D eigenvalue weighted by molar-refractivity contribution is 6.35. The van der Waals surface area contributed by atoms with E-state index in [0.29, 0.717) is 5.56 Å². The van der Waals surface area contributed by atoms with Crippen LogP contribution in [0.5, 0.6) is 0 Å². The first-order valence-electron chi connectivity index (χ1n) is 3.97. The highest BCUT2D eigenvalue weighted by Crippen LogP contribution is 2.25. The summed E-state index contributed by atoms with van der Waals surface area (Å²) in [6.07, 6.45) is 3.27. The van der Waals surface area contributed by atoms with E-state index in [2.05, 4.69) is 10.0 Å². The Kier molecular flexibility index (Phi) is 4.43. The lowest BCUT2D eigenvalue weighted by Crippen LogP contribution is -1.82. The topological polar surface area (TPSA) is 48.8 Å². The van der Waals surface area contributed by atoms with Crippen LogP contribution in [0.3, 0.4) is 0 Å². The van der Waals surface area contributed by atoms with E-state index in [1.54, 1.807) is 12.2 Å². The normalized spacial score (nSPS) is 10.3. The van der Waals surface area contributed by atoms with E-state index in [9.17, 15) is 4.39 Å². The van der Waals surface area contributed by atoms with Crippen LogP contribution in [0.2, 0.25) is 10.0 Å². The first-order valence-corrected chi connectivity index (χ1v) is 4.72. The fourth-order valence-corrected chi connectivity index (χ4v) is 1.45. The van der Waals surface area contributed by atoms with Crippen LogP contribution in [-0.2, 0) is 0 Å². The summed E-state index contributed by atoms with van der Waals surface area (Å²) in [5.41, 5.74) is 8.67. The molecule has 1 aromatic rings. The van der Waals surface area contributed by atoms with Crippen molar-refractivity contribution in [2.24, 2.45) is 5.11 Å². The third-order valence-electron chi connectivity index (χ3n) is 1.57. The zero-order valence-corrected chi connectivity index (χ0v) is 9.00. The van der Waals surface area contributed by atoms with Crippen molar-refractivity contribution in [1.29, 1.82) is 0 Å². The van der Waals surface area contributed by atoms with Crippen molar-refractivity contribution >= 4 is 29.3 Å². The van der Waals surface area contributed by atoms with Crippen LogP contribution in [0.1, 0.15) is 5.56 Å². The van der Waals surface area contributed by atoms with Gasteiger partial charge in [0.15, 0.2) is 5.82 Å². The summed E-state index contributed by atoms with van der Waals surface area (Å²) in [7, 11) is 0.